The number of urea groups is 1. The van der Waals surface area contributed by atoms with Crippen molar-refractivity contribution in [1.82, 2.24) is 10.6 Å². The predicted molar refractivity (Wildman–Crippen MR) is 94.5 cm³/mol. The fourth-order valence-corrected chi connectivity index (χ4v) is 2.16. The second-order valence-electron chi connectivity index (χ2n) is 5.40. The van der Waals surface area contributed by atoms with Gasteiger partial charge in [0, 0.05) is 12.6 Å². The molecule has 0 aliphatic heterocycles. The van der Waals surface area contributed by atoms with E-state index in [0.717, 1.165) is 5.56 Å². The lowest BCUT2D eigenvalue weighted by Crippen LogP contribution is -2.41. The van der Waals surface area contributed by atoms with Crippen LogP contribution in [-0.2, 0) is 14.3 Å². The Hall–Kier alpha value is -3.35. The summed E-state index contributed by atoms with van der Waals surface area (Å²) in [5.41, 5.74) is 1.32. The zero-order valence-corrected chi connectivity index (χ0v) is 14.5. The summed E-state index contributed by atoms with van der Waals surface area (Å²) in [4.78, 5) is 35.8. The highest BCUT2D eigenvalue weighted by molar-refractivity contribution is 5.97. The molecule has 0 heterocycles. The maximum atomic E-state index is 12.3. The number of para-hydroxylation sites is 1. The van der Waals surface area contributed by atoms with E-state index >= 15 is 0 Å². The first-order valence-corrected chi connectivity index (χ1v) is 7.96. The summed E-state index contributed by atoms with van der Waals surface area (Å²) in [6.07, 6.45) is -1.26. The average molecular weight is 356 g/mol. The molecule has 2 aromatic rings. The van der Waals surface area contributed by atoms with E-state index in [9.17, 15) is 14.4 Å². The first kappa shape index (κ1) is 19.0. The van der Waals surface area contributed by atoms with Crippen LogP contribution in [0.4, 0.5) is 4.79 Å². The second-order valence-corrected chi connectivity index (χ2v) is 5.40. The number of rotatable bonds is 6. The lowest BCUT2D eigenvalue weighted by Gasteiger charge is -2.18. The SMILES string of the molecule is CNC(=O)NC(=O)C(OC(=O)COc1ccccc1C)c1ccccc1. The third kappa shape index (κ3) is 5.34. The van der Waals surface area contributed by atoms with Gasteiger partial charge in [0.1, 0.15) is 5.75 Å². The van der Waals surface area contributed by atoms with E-state index in [1.807, 2.05) is 19.1 Å². The van der Waals surface area contributed by atoms with Crippen molar-refractivity contribution in [1.29, 1.82) is 0 Å². The van der Waals surface area contributed by atoms with Crippen molar-refractivity contribution in [2.24, 2.45) is 0 Å². The summed E-state index contributed by atoms with van der Waals surface area (Å²) < 4.78 is 10.7. The second kappa shape index (κ2) is 9.22. The van der Waals surface area contributed by atoms with E-state index in [-0.39, 0.29) is 6.61 Å². The number of amides is 3. The van der Waals surface area contributed by atoms with Crippen LogP contribution in [0.1, 0.15) is 17.2 Å². The lowest BCUT2D eigenvalue weighted by atomic mass is 10.1. The number of aryl methyl sites for hydroxylation is 1. The van der Waals surface area contributed by atoms with Gasteiger partial charge in [0.15, 0.2) is 6.61 Å². The van der Waals surface area contributed by atoms with E-state index in [1.54, 1.807) is 42.5 Å². The maximum Gasteiger partial charge on any atom is 0.345 e. The highest BCUT2D eigenvalue weighted by Gasteiger charge is 2.26. The third-order valence-electron chi connectivity index (χ3n) is 3.49. The molecule has 0 radical (unpaired) electrons. The zero-order chi connectivity index (χ0) is 18.9. The number of carbonyl (C=O) groups is 3. The van der Waals surface area contributed by atoms with Crippen LogP contribution in [0.15, 0.2) is 54.6 Å². The van der Waals surface area contributed by atoms with E-state index < -0.39 is 24.0 Å². The standard InChI is InChI=1S/C19H20N2O5/c1-13-8-6-7-11-15(13)25-12-16(22)26-17(14-9-4-3-5-10-14)18(23)21-19(24)20-2/h3-11,17H,12H2,1-2H3,(H2,20,21,23,24). The molecule has 136 valence electrons. The molecular weight excluding hydrogens is 336 g/mol. The molecule has 0 saturated carbocycles. The number of benzene rings is 2. The number of ether oxygens (including phenoxy) is 2. The van der Waals surface area contributed by atoms with Gasteiger partial charge in [-0.05, 0) is 18.6 Å². The first-order valence-electron chi connectivity index (χ1n) is 7.96. The van der Waals surface area contributed by atoms with Crippen LogP contribution in [0.3, 0.4) is 0 Å². The van der Waals surface area contributed by atoms with Gasteiger partial charge < -0.3 is 14.8 Å². The normalized spacial score (nSPS) is 11.2. The van der Waals surface area contributed by atoms with Crippen molar-refractivity contribution in [3.63, 3.8) is 0 Å². The summed E-state index contributed by atoms with van der Waals surface area (Å²) in [7, 11) is 1.38. The molecule has 2 aromatic carbocycles. The topological polar surface area (TPSA) is 93.7 Å². The third-order valence-corrected chi connectivity index (χ3v) is 3.49. The number of nitrogens with one attached hydrogen (secondary N) is 2. The van der Waals surface area contributed by atoms with Gasteiger partial charge in [0.05, 0.1) is 0 Å². The Balaban J connectivity index is 2.06. The molecule has 7 nitrogen and oxygen atoms in total. The van der Waals surface area contributed by atoms with E-state index in [2.05, 4.69) is 10.6 Å². The van der Waals surface area contributed by atoms with E-state index in [4.69, 9.17) is 9.47 Å². The van der Waals surface area contributed by atoms with Crippen LogP contribution in [0, 0.1) is 6.92 Å². The van der Waals surface area contributed by atoms with Gasteiger partial charge in [0.2, 0.25) is 6.10 Å². The van der Waals surface area contributed by atoms with Crippen LogP contribution >= 0.6 is 0 Å². The summed E-state index contributed by atoms with van der Waals surface area (Å²) >= 11 is 0. The van der Waals surface area contributed by atoms with Crippen molar-refractivity contribution in [3.05, 3.63) is 65.7 Å². The van der Waals surface area contributed by atoms with E-state index in [0.29, 0.717) is 11.3 Å². The molecule has 2 N–H and O–H groups in total. The Bertz CT molecular complexity index is 777. The fourth-order valence-electron chi connectivity index (χ4n) is 2.16. The lowest BCUT2D eigenvalue weighted by molar-refractivity contribution is -0.158. The molecular formula is C19H20N2O5. The van der Waals surface area contributed by atoms with Crippen molar-refractivity contribution < 1.29 is 23.9 Å². The average Bonchev–Trinajstić information content (AvgIpc) is 2.66. The molecule has 7 heteroatoms. The van der Waals surface area contributed by atoms with Crippen LogP contribution in [-0.4, -0.2) is 31.6 Å². The van der Waals surface area contributed by atoms with Gasteiger partial charge in [-0.25, -0.2) is 9.59 Å². The monoisotopic (exact) mass is 356 g/mol. The van der Waals surface area contributed by atoms with Gasteiger partial charge in [0.25, 0.3) is 5.91 Å². The van der Waals surface area contributed by atoms with Crippen LogP contribution in [0.5, 0.6) is 5.75 Å². The summed E-state index contributed by atoms with van der Waals surface area (Å²) in [6.45, 7) is 1.49. The minimum absolute atomic E-state index is 0.360. The Morgan fingerprint density at radius 3 is 2.31 bits per heavy atom. The highest BCUT2D eigenvalue weighted by atomic mass is 16.6. The van der Waals surface area contributed by atoms with Crippen LogP contribution < -0.4 is 15.4 Å². The van der Waals surface area contributed by atoms with Gasteiger partial charge in [-0.2, -0.15) is 0 Å². The maximum absolute atomic E-state index is 12.3. The molecule has 0 fully saturated rings. The number of carbonyl (C=O) groups excluding carboxylic acids is 3. The first-order chi connectivity index (χ1) is 12.5. The minimum atomic E-state index is -1.26. The molecule has 0 aliphatic carbocycles. The van der Waals surface area contributed by atoms with Gasteiger partial charge in [-0.15, -0.1) is 0 Å². The van der Waals surface area contributed by atoms with Gasteiger partial charge >= 0.3 is 12.0 Å². The summed E-state index contributed by atoms with van der Waals surface area (Å²) in [6, 6.07) is 15.0. The van der Waals surface area contributed by atoms with E-state index in [1.165, 1.54) is 7.05 Å². The molecule has 0 spiro atoms. The number of esters is 1. The molecule has 0 bridgehead atoms. The Morgan fingerprint density at radius 2 is 1.65 bits per heavy atom. The molecule has 3 amide bonds. The van der Waals surface area contributed by atoms with Crippen molar-refractivity contribution in [2.75, 3.05) is 13.7 Å². The summed E-state index contributed by atoms with van der Waals surface area (Å²) in [5.74, 6) is -0.926. The van der Waals surface area contributed by atoms with Crippen molar-refractivity contribution in [3.8, 4) is 5.75 Å². The Morgan fingerprint density at radius 1 is 1.00 bits per heavy atom. The number of hydrogen-bond acceptors (Lipinski definition) is 5. The Kier molecular flexibility index (Phi) is 6.73. The molecule has 1 atom stereocenters. The minimum Gasteiger partial charge on any atom is -0.482 e. The number of hydrogen-bond donors (Lipinski definition) is 2. The molecule has 1 unspecified atom stereocenters. The fraction of sp³-hybridized carbons (Fsp3) is 0.211. The van der Waals surface area contributed by atoms with Gasteiger partial charge in [-0.3, -0.25) is 10.1 Å². The molecule has 0 aliphatic rings. The van der Waals surface area contributed by atoms with Crippen molar-refractivity contribution >= 4 is 17.9 Å². The quantitative estimate of drug-likeness (QED) is 0.773. The Labute approximate surface area is 151 Å². The predicted octanol–water partition coefficient (Wildman–Crippen LogP) is 2.11. The van der Waals surface area contributed by atoms with Crippen LogP contribution in [0.2, 0.25) is 0 Å². The molecule has 2 rings (SSSR count). The highest BCUT2D eigenvalue weighted by Crippen LogP contribution is 2.19. The zero-order valence-electron chi connectivity index (χ0n) is 14.5. The van der Waals surface area contributed by atoms with Gasteiger partial charge in [-0.1, -0.05) is 48.5 Å². The molecule has 0 saturated heterocycles. The molecule has 0 aromatic heterocycles. The molecule has 26 heavy (non-hydrogen) atoms. The van der Waals surface area contributed by atoms with Crippen molar-refractivity contribution in [2.45, 2.75) is 13.0 Å². The largest absolute Gasteiger partial charge is 0.482 e. The summed E-state index contributed by atoms with van der Waals surface area (Å²) in [5, 5.41) is 4.38. The number of imide groups is 1. The smallest absolute Gasteiger partial charge is 0.345 e. The van der Waals surface area contributed by atoms with Crippen LogP contribution in [0.25, 0.3) is 0 Å².